The maximum atomic E-state index is 13.0. The Morgan fingerprint density at radius 3 is 2.62 bits per heavy atom. The molecule has 6 nitrogen and oxygen atoms in total. The number of amides is 2. The Balaban J connectivity index is 0.00000240. The molecule has 3 aliphatic rings. The molecule has 0 aromatic heterocycles. The van der Waals surface area contributed by atoms with Gasteiger partial charge < -0.3 is 20.7 Å². The van der Waals surface area contributed by atoms with Crippen LogP contribution in [0.1, 0.15) is 45.4 Å². The number of ether oxygens (including phenoxy) is 1. The molecular formula is C22H32ClN3O3. The topological polar surface area (TPSA) is 84.7 Å². The molecule has 0 radical (unpaired) electrons. The Labute approximate surface area is 178 Å². The van der Waals surface area contributed by atoms with Gasteiger partial charge in [-0.1, -0.05) is 18.6 Å². The molecule has 4 rings (SSSR count). The number of rotatable bonds is 5. The van der Waals surface area contributed by atoms with Gasteiger partial charge in [-0.15, -0.1) is 12.4 Å². The second-order valence-corrected chi connectivity index (χ2v) is 8.52. The van der Waals surface area contributed by atoms with Crippen LogP contribution in [0.4, 0.5) is 5.69 Å². The third-order valence-corrected chi connectivity index (χ3v) is 6.64. The lowest BCUT2D eigenvalue weighted by molar-refractivity contribution is -0.128. The van der Waals surface area contributed by atoms with Gasteiger partial charge in [0.15, 0.2) is 0 Å². The predicted octanol–water partition coefficient (Wildman–Crippen LogP) is 2.88. The average Bonchev–Trinajstić information content (AvgIpc) is 3.05. The minimum absolute atomic E-state index is 0. The van der Waals surface area contributed by atoms with Crippen molar-refractivity contribution in [3.63, 3.8) is 0 Å². The van der Waals surface area contributed by atoms with Crippen LogP contribution in [0.3, 0.4) is 0 Å². The van der Waals surface area contributed by atoms with Crippen LogP contribution in [-0.2, 0) is 9.59 Å². The van der Waals surface area contributed by atoms with Crippen LogP contribution >= 0.6 is 12.4 Å². The number of anilines is 1. The molecule has 3 N–H and O–H groups in total. The van der Waals surface area contributed by atoms with Crippen LogP contribution in [0.5, 0.6) is 5.75 Å². The van der Waals surface area contributed by atoms with Crippen molar-refractivity contribution in [1.29, 1.82) is 0 Å². The standard InChI is InChI=1S/C22H31N3O3.ClH/c1-2-28-19-9-4-3-8-18(19)25-13-16(12-20(25)26)22(27)24-21-14-6-5-7-15(21)11-17(23)10-14;/h3-4,8-9,14-17,21H,2,5-7,10-13,23H2,1H3,(H,24,27);1H. The van der Waals surface area contributed by atoms with Gasteiger partial charge in [0.25, 0.3) is 0 Å². The van der Waals surface area contributed by atoms with Gasteiger partial charge in [-0.05, 0) is 56.6 Å². The molecule has 1 aromatic rings. The van der Waals surface area contributed by atoms with Crippen molar-refractivity contribution < 1.29 is 14.3 Å². The molecule has 7 heteroatoms. The van der Waals surface area contributed by atoms with Crippen molar-refractivity contribution in [2.24, 2.45) is 23.5 Å². The first-order valence-electron chi connectivity index (χ1n) is 10.6. The minimum Gasteiger partial charge on any atom is -0.492 e. The second kappa shape index (κ2) is 9.35. The lowest BCUT2D eigenvalue weighted by Crippen LogP contribution is -2.54. The molecule has 29 heavy (non-hydrogen) atoms. The number of nitrogens with zero attached hydrogens (tertiary/aromatic N) is 1. The molecule has 2 bridgehead atoms. The van der Waals surface area contributed by atoms with Gasteiger partial charge in [0, 0.05) is 25.0 Å². The molecule has 2 amide bonds. The van der Waals surface area contributed by atoms with E-state index in [1.54, 1.807) is 4.90 Å². The highest BCUT2D eigenvalue weighted by Gasteiger charge is 2.42. The second-order valence-electron chi connectivity index (χ2n) is 8.52. The van der Waals surface area contributed by atoms with Crippen LogP contribution in [0.2, 0.25) is 0 Å². The highest BCUT2D eigenvalue weighted by molar-refractivity contribution is 6.01. The Kier molecular flexibility index (Phi) is 7.06. The van der Waals surface area contributed by atoms with E-state index < -0.39 is 0 Å². The highest BCUT2D eigenvalue weighted by atomic mass is 35.5. The number of nitrogens with one attached hydrogen (secondary N) is 1. The molecule has 3 fully saturated rings. The lowest BCUT2D eigenvalue weighted by atomic mass is 9.67. The summed E-state index contributed by atoms with van der Waals surface area (Å²) in [6.45, 7) is 2.87. The van der Waals surface area contributed by atoms with Crippen LogP contribution in [0.25, 0.3) is 0 Å². The SMILES string of the molecule is CCOc1ccccc1N1CC(C(=O)NC2C3CCCC2CC(N)C3)CC1=O.Cl. The van der Waals surface area contributed by atoms with Crippen LogP contribution in [0, 0.1) is 17.8 Å². The lowest BCUT2D eigenvalue weighted by Gasteiger charge is -2.45. The molecule has 1 heterocycles. The first-order valence-corrected chi connectivity index (χ1v) is 10.6. The smallest absolute Gasteiger partial charge is 0.227 e. The molecule has 2 saturated carbocycles. The number of halogens is 1. The predicted molar refractivity (Wildman–Crippen MR) is 115 cm³/mol. The van der Waals surface area contributed by atoms with E-state index >= 15 is 0 Å². The number of benzene rings is 1. The monoisotopic (exact) mass is 421 g/mol. The van der Waals surface area contributed by atoms with Crippen molar-refractivity contribution in [2.75, 3.05) is 18.1 Å². The zero-order valence-electron chi connectivity index (χ0n) is 17.0. The summed E-state index contributed by atoms with van der Waals surface area (Å²) >= 11 is 0. The van der Waals surface area contributed by atoms with Crippen molar-refractivity contribution >= 4 is 29.9 Å². The summed E-state index contributed by atoms with van der Waals surface area (Å²) in [6.07, 6.45) is 5.78. The number of fused-ring (bicyclic) bond motifs is 2. The zero-order chi connectivity index (χ0) is 19.7. The van der Waals surface area contributed by atoms with E-state index in [2.05, 4.69) is 5.32 Å². The van der Waals surface area contributed by atoms with E-state index in [0.717, 1.165) is 31.4 Å². The zero-order valence-corrected chi connectivity index (χ0v) is 17.8. The van der Waals surface area contributed by atoms with Crippen LogP contribution in [0.15, 0.2) is 24.3 Å². The van der Waals surface area contributed by atoms with Crippen molar-refractivity contribution in [3.05, 3.63) is 24.3 Å². The Morgan fingerprint density at radius 1 is 1.24 bits per heavy atom. The summed E-state index contributed by atoms with van der Waals surface area (Å²) in [4.78, 5) is 27.4. The fraction of sp³-hybridized carbons (Fsp3) is 0.636. The van der Waals surface area contributed by atoms with Crippen molar-refractivity contribution in [3.8, 4) is 5.75 Å². The Morgan fingerprint density at radius 2 is 1.93 bits per heavy atom. The summed E-state index contributed by atoms with van der Waals surface area (Å²) in [5.41, 5.74) is 6.96. The Hall–Kier alpha value is -1.79. The molecule has 1 aliphatic heterocycles. The fourth-order valence-corrected chi connectivity index (χ4v) is 5.38. The largest absolute Gasteiger partial charge is 0.492 e. The molecule has 0 spiro atoms. The Bertz CT molecular complexity index is 730. The first-order chi connectivity index (χ1) is 13.6. The molecule has 1 aromatic carbocycles. The van der Waals surface area contributed by atoms with Gasteiger partial charge in [0.2, 0.25) is 11.8 Å². The minimum atomic E-state index is -0.307. The third-order valence-electron chi connectivity index (χ3n) is 6.64. The molecule has 1 saturated heterocycles. The molecule has 160 valence electrons. The van der Waals surface area contributed by atoms with Gasteiger partial charge in [0.05, 0.1) is 18.2 Å². The normalized spacial score (nSPS) is 31.2. The molecule has 3 unspecified atom stereocenters. The summed E-state index contributed by atoms with van der Waals surface area (Å²) in [7, 11) is 0. The number of hydrogen-bond donors (Lipinski definition) is 2. The van der Waals surface area contributed by atoms with Gasteiger partial charge in [-0.25, -0.2) is 0 Å². The van der Waals surface area contributed by atoms with E-state index in [9.17, 15) is 9.59 Å². The summed E-state index contributed by atoms with van der Waals surface area (Å²) in [5, 5.41) is 3.31. The number of para-hydroxylation sites is 2. The van der Waals surface area contributed by atoms with Gasteiger partial charge in [-0.3, -0.25) is 9.59 Å². The van der Waals surface area contributed by atoms with Crippen LogP contribution < -0.4 is 20.7 Å². The highest BCUT2D eigenvalue weighted by Crippen LogP contribution is 2.40. The van der Waals surface area contributed by atoms with Crippen LogP contribution in [-0.4, -0.2) is 37.0 Å². The van der Waals surface area contributed by atoms with E-state index in [1.165, 1.54) is 6.42 Å². The number of nitrogens with two attached hydrogens (primary N) is 1. The summed E-state index contributed by atoms with van der Waals surface area (Å²) in [5.74, 6) is 1.35. The third kappa shape index (κ3) is 4.53. The van der Waals surface area contributed by atoms with Gasteiger partial charge in [0.1, 0.15) is 5.75 Å². The number of carbonyl (C=O) groups excluding carboxylic acids is 2. The maximum Gasteiger partial charge on any atom is 0.227 e. The fourth-order valence-electron chi connectivity index (χ4n) is 5.38. The molecule has 3 atom stereocenters. The van der Waals surface area contributed by atoms with Gasteiger partial charge >= 0.3 is 0 Å². The van der Waals surface area contributed by atoms with Crippen molar-refractivity contribution in [2.45, 2.75) is 57.5 Å². The molecule has 2 aliphatic carbocycles. The maximum absolute atomic E-state index is 13.0. The first kappa shape index (κ1) is 21.9. The average molecular weight is 422 g/mol. The van der Waals surface area contributed by atoms with E-state index in [0.29, 0.717) is 30.7 Å². The number of carbonyl (C=O) groups is 2. The number of hydrogen-bond acceptors (Lipinski definition) is 4. The molecular weight excluding hydrogens is 390 g/mol. The van der Waals surface area contributed by atoms with Crippen molar-refractivity contribution in [1.82, 2.24) is 5.32 Å². The summed E-state index contributed by atoms with van der Waals surface area (Å²) in [6, 6.07) is 8.03. The summed E-state index contributed by atoms with van der Waals surface area (Å²) < 4.78 is 5.67. The van der Waals surface area contributed by atoms with E-state index in [-0.39, 0.29) is 48.6 Å². The van der Waals surface area contributed by atoms with Gasteiger partial charge in [-0.2, -0.15) is 0 Å². The van der Waals surface area contributed by atoms with E-state index in [4.69, 9.17) is 10.5 Å². The van der Waals surface area contributed by atoms with E-state index in [1.807, 2.05) is 31.2 Å². The quantitative estimate of drug-likeness (QED) is 0.765.